The third kappa shape index (κ3) is 3.47. The van der Waals surface area contributed by atoms with Crippen LogP contribution in [0.3, 0.4) is 0 Å². The molecule has 16 heavy (non-hydrogen) atoms. The van der Waals surface area contributed by atoms with Gasteiger partial charge in [-0.1, -0.05) is 18.5 Å². The van der Waals surface area contributed by atoms with Crippen LogP contribution < -0.4 is 4.74 Å². The van der Waals surface area contributed by atoms with Crippen molar-refractivity contribution in [3.8, 4) is 18.1 Å². The van der Waals surface area contributed by atoms with Gasteiger partial charge in [0.2, 0.25) is 0 Å². The third-order valence-corrected chi connectivity index (χ3v) is 2.75. The number of terminal acetylenes is 1. The van der Waals surface area contributed by atoms with Crippen LogP contribution in [0.15, 0.2) is 12.1 Å². The van der Waals surface area contributed by atoms with Crippen LogP contribution in [-0.2, 0) is 6.42 Å². The van der Waals surface area contributed by atoms with E-state index in [1.165, 1.54) is 0 Å². The average molecular weight is 237 g/mol. The van der Waals surface area contributed by atoms with Crippen molar-refractivity contribution in [2.45, 2.75) is 33.1 Å². The lowest BCUT2D eigenvalue weighted by molar-refractivity contribution is 0.314. The number of benzene rings is 1. The van der Waals surface area contributed by atoms with Crippen molar-refractivity contribution in [1.29, 1.82) is 0 Å². The fourth-order valence-electron chi connectivity index (χ4n) is 1.44. The van der Waals surface area contributed by atoms with Crippen LogP contribution >= 0.6 is 11.6 Å². The highest BCUT2D eigenvalue weighted by Crippen LogP contribution is 2.27. The molecule has 1 aromatic carbocycles. The van der Waals surface area contributed by atoms with Gasteiger partial charge >= 0.3 is 0 Å². The quantitative estimate of drug-likeness (QED) is 0.702. The SMILES string of the molecule is C#CCCc1cc(Cl)c(C)cc1OCCC. The average Bonchev–Trinajstić information content (AvgIpc) is 2.28. The third-order valence-electron chi connectivity index (χ3n) is 2.34. The Morgan fingerprint density at radius 3 is 2.81 bits per heavy atom. The van der Waals surface area contributed by atoms with Crippen molar-refractivity contribution in [3.63, 3.8) is 0 Å². The minimum absolute atomic E-state index is 0.710. The highest BCUT2D eigenvalue weighted by atomic mass is 35.5. The summed E-state index contributed by atoms with van der Waals surface area (Å²) in [4.78, 5) is 0. The molecule has 0 fully saturated rings. The Balaban J connectivity index is 2.92. The summed E-state index contributed by atoms with van der Waals surface area (Å²) in [6, 6.07) is 3.95. The second-order valence-electron chi connectivity index (χ2n) is 3.76. The van der Waals surface area contributed by atoms with Gasteiger partial charge in [0.15, 0.2) is 0 Å². The number of rotatable bonds is 5. The Bertz CT molecular complexity index is 390. The molecule has 0 heterocycles. The first kappa shape index (κ1) is 12.9. The van der Waals surface area contributed by atoms with E-state index >= 15 is 0 Å². The summed E-state index contributed by atoms with van der Waals surface area (Å²) in [6.45, 7) is 4.79. The summed E-state index contributed by atoms with van der Waals surface area (Å²) < 4.78 is 5.69. The Kier molecular flexibility index (Phi) is 5.22. The smallest absolute Gasteiger partial charge is 0.122 e. The summed E-state index contributed by atoms with van der Waals surface area (Å²) in [5.74, 6) is 3.55. The van der Waals surface area contributed by atoms with Gasteiger partial charge in [-0.2, -0.15) is 0 Å². The van der Waals surface area contributed by atoms with E-state index < -0.39 is 0 Å². The monoisotopic (exact) mass is 236 g/mol. The maximum Gasteiger partial charge on any atom is 0.122 e. The molecule has 0 unspecified atom stereocenters. The van der Waals surface area contributed by atoms with Gasteiger partial charge in [-0.25, -0.2) is 0 Å². The van der Waals surface area contributed by atoms with Crippen LogP contribution in [0.2, 0.25) is 5.02 Å². The molecule has 86 valence electrons. The van der Waals surface area contributed by atoms with Crippen LogP contribution in [0.5, 0.6) is 5.75 Å². The zero-order chi connectivity index (χ0) is 12.0. The van der Waals surface area contributed by atoms with Gasteiger partial charge in [-0.3, -0.25) is 0 Å². The molecule has 0 spiro atoms. The number of hydrogen-bond donors (Lipinski definition) is 0. The summed E-state index contributed by atoms with van der Waals surface area (Å²) in [7, 11) is 0. The van der Waals surface area contributed by atoms with Gasteiger partial charge in [0, 0.05) is 11.4 Å². The molecule has 0 aromatic heterocycles. The zero-order valence-corrected chi connectivity index (χ0v) is 10.6. The lowest BCUT2D eigenvalue weighted by Gasteiger charge is -2.12. The molecule has 0 aliphatic heterocycles. The second-order valence-corrected chi connectivity index (χ2v) is 4.17. The van der Waals surface area contributed by atoms with E-state index in [1.807, 2.05) is 19.1 Å². The predicted octanol–water partition coefficient (Wildman–Crippen LogP) is 4.00. The molecule has 0 N–H and O–H groups in total. The van der Waals surface area contributed by atoms with Crippen molar-refractivity contribution in [3.05, 3.63) is 28.3 Å². The Labute approximate surface area is 103 Å². The zero-order valence-electron chi connectivity index (χ0n) is 9.85. The maximum absolute atomic E-state index is 6.09. The Morgan fingerprint density at radius 1 is 1.44 bits per heavy atom. The molecule has 0 radical (unpaired) electrons. The van der Waals surface area contributed by atoms with Gasteiger partial charge in [0.05, 0.1) is 6.61 Å². The van der Waals surface area contributed by atoms with E-state index in [-0.39, 0.29) is 0 Å². The summed E-state index contributed by atoms with van der Waals surface area (Å²) >= 11 is 6.09. The fourth-order valence-corrected chi connectivity index (χ4v) is 1.63. The van der Waals surface area contributed by atoms with Crippen LogP contribution in [0.4, 0.5) is 0 Å². The first-order valence-corrected chi connectivity index (χ1v) is 5.92. The maximum atomic E-state index is 6.09. The van der Waals surface area contributed by atoms with Crippen LogP contribution in [0.1, 0.15) is 30.9 Å². The molecule has 0 amide bonds. The Hall–Kier alpha value is -1.13. The minimum atomic E-state index is 0.710. The molecule has 1 nitrogen and oxygen atoms in total. The van der Waals surface area contributed by atoms with Crippen LogP contribution in [0.25, 0.3) is 0 Å². The summed E-state index contributed by atoms with van der Waals surface area (Å²) in [5, 5.41) is 0.774. The van der Waals surface area contributed by atoms with Gasteiger partial charge in [0.1, 0.15) is 5.75 Å². The number of ether oxygens (including phenoxy) is 1. The van der Waals surface area contributed by atoms with Gasteiger partial charge < -0.3 is 4.74 Å². The first-order chi connectivity index (χ1) is 7.69. The van der Waals surface area contributed by atoms with Crippen molar-refractivity contribution >= 4 is 11.6 Å². The van der Waals surface area contributed by atoms with Crippen LogP contribution in [0, 0.1) is 19.3 Å². The molecule has 0 saturated heterocycles. The first-order valence-electron chi connectivity index (χ1n) is 5.54. The lowest BCUT2D eigenvalue weighted by Crippen LogP contribution is -2.00. The summed E-state index contributed by atoms with van der Waals surface area (Å²) in [6.07, 6.45) is 7.79. The van der Waals surface area contributed by atoms with E-state index in [1.54, 1.807) is 0 Å². The minimum Gasteiger partial charge on any atom is -0.493 e. The van der Waals surface area contributed by atoms with E-state index in [9.17, 15) is 0 Å². The fraction of sp³-hybridized carbons (Fsp3) is 0.429. The largest absolute Gasteiger partial charge is 0.493 e. The highest BCUT2D eigenvalue weighted by Gasteiger charge is 2.07. The standard InChI is InChI=1S/C14H17ClO/c1-4-6-7-12-10-13(15)11(3)9-14(12)16-8-5-2/h1,9-10H,5-8H2,2-3H3. The molecule has 0 aliphatic rings. The van der Waals surface area contributed by atoms with E-state index in [4.69, 9.17) is 22.8 Å². The molecular formula is C14H17ClO. The lowest BCUT2D eigenvalue weighted by atomic mass is 10.1. The molecule has 0 bridgehead atoms. The number of halogens is 1. The van der Waals surface area contributed by atoms with Gasteiger partial charge in [-0.05, 0) is 43.0 Å². The topological polar surface area (TPSA) is 9.23 Å². The Morgan fingerprint density at radius 2 is 2.19 bits per heavy atom. The van der Waals surface area contributed by atoms with E-state index in [0.29, 0.717) is 6.42 Å². The normalized spacial score (nSPS) is 9.88. The molecule has 1 rings (SSSR count). The van der Waals surface area contributed by atoms with Gasteiger partial charge in [-0.15, -0.1) is 12.3 Å². The van der Waals surface area contributed by atoms with Crippen molar-refractivity contribution in [2.24, 2.45) is 0 Å². The van der Waals surface area contributed by atoms with Crippen molar-refractivity contribution in [2.75, 3.05) is 6.61 Å². The number of aryl methyl sites for hydroxylation is 2. The van der Waals surface area contributed by atoms with Crippen molar-refractivity contribution in [1.82, 2.24) is 0 Å². The highest BCUT2D eigenvalue weighted by molar-refractivity contribution is 6.31. The molecule has 2 heteroatoms. The van der Waals surface area contributed by atoms with Gasteiger partial charge in [0.25, 0.3) is 0 Å². The molecule has 0 atom stereocenters. The summed E-state index contributed by atoms with van der Waals surface area (Å²) in [5.41, 5.74) is 2.14. The predicted molar refractivity (Wildman–Crippen MR) is 69.1 cm³/mol. The van der Waals surface area contributed by atoms with Crippen molar-refractivity contribution < 1.29 is 4.74 Å². The second kappa shape index (κ2) is 6.45. The van der Waals surface area contributed by atoms with E-state index in [0.717, 1.165) is 41.3 Å². The number of hydrogen-bond acceptors (Lipinski definition) is 1. The molecule has 0 aliphatic carbocycles. The molecule has 1 aromatic rings. The van der Waals surface area contributed by atoms with E-state index in [2.05, 4.69) is 12.8 Å². The molecule has 0 saturated carbocycles. The molecular weight excluding hydrogens is 220 g/mol. The van der Waals surface area contributed by atoms with Crippen LogP contribution in [-0.4, -0.2) is 6.61 Å².